The van der Waals surface area contributed by atoms with Crippen LogP contribution in [0.4, 0.5) is 18.9 Å². The lowest BCUT2D eigenvalue weighted by Crippen LogP contribution is -2.30. The maximum Gasteiger partial charge on any atom is 0.416 e. The summed E-state index contributed by atoms with van der Waals surface area (Å²) in [4.78, 5) is 33.9. The summed E-state index contributed by atoms with van der Waals surface area (Å²) in [6, 6.07) is 1.88. The van der Waals surface area contributed by atoms with Crippen LogP contribution in [0, 0.1) is 16.0 Å². The molecule has 138 valence electrons. The van der Waals surface area contributed by atoms with E-state index in [0.29, 0.717) is 12.1 Å². The Labute approximate surface area is 140 Å². The highest BCUT2D eigenvalue weighted by atomic mass is 19.4. The van der Waals surface area contributed by atoms with Crippen LogP contribution in [0.2, 0.25) is 0 Å². The van der Waals surface area contributed by atoms with Gasteiger partial charge in [-0.2, -0.15) is 13.2 Å². The molecule has 0 unspecified atom stereocenters. The molecule has 25 heavy (non-hydrogen) atoms. The molecule has 0 aliphatic heterocycles. The standard InChI is InChI=1S/C15H16F3NO6/c1-3-24-13(20)11(14(21)25-4-2)7-9-5-6-10(15(16,17)18)8-12(9)19(22)23/h5-6,8,11H,3-4,7H2,1-2H3. The number of carbonyl (C=O) groups is 2. The second-order valence-electron chi connectivity index (χ2n) is 4.86. The van der Waals surface area contributed by atoms with E-state index in [1.807, 2.05) is 0 Å². The minimum atomic E-state index is -4.76. The number of benzene rings is 1. The lowest BCUT2D eigenvalue weighted by molar-refractivity contribution is -0.385. The smallest absolute Gasteiger partial charge is 0.416 e. The van der Waals surface area contributed by atoms with Crippen molar-refractivity contribution < 1.29 is 37.2 Å². The van der Waals surface area contributed by atoms with E-state index < -0.39 is 46.6 Å². The summed E-state index contributed by atoms with van der Waals surface area (Å²) in [6.07, 6.45) is -5.27. The Kier molecular flexibility index (Phi) is 6.89. The molecular formula is C15H16F3NO6. The molecule has 0 atom stereocenters. The third kappa shape index (κ3) is 5.44. The van der Waals surface area contributed by atoms with Gasteiger partial charge in [-0.15, -0.1) is 0 Å². The third-order valence-corrected chi connectivity index (χ3v) is 3.18. The largest absolute Gasteiger partial charge is 0.465 e. The fraction of sp³-hybridized carbons (Fsp3) is 0.467. The van der Waals surface area contributed by atoms with E-state index in [2.05, 4.69) is 0 Å². The van der Waals surface area contributed by atoms with Gasteiger partial charge >= 0.3 is 18.1 Å². The zero-order valence-electron chi connectivity index (χ0n) is 13.5. The number of hydrogen-bond donors (Lipinski definition) is 0. The summed E-state index contributed by atoms with van der Waals surface area (Å²) in [5, 5.41) is 11.1. The highest BCUT2D eigenvalue weighted by Gasteiger charge is 2.35. The predicted octanol–water partition coefficient (Wildman–Crippen LogP) is 2.90. The number of alkyl halides is 3. The minimum absolute atomic E-state index is 0.0379. The number of carbonyl (C=O) groups excluding carboxylic acids is 2. The molecule has 0 aromatic heterocycles. The molecule has 0 bridgehead atoms. The molecular weight excluding hydrogens is 347 g/mol. The van der Waals surface area contributed by atoms with Gasteiger partial charge in [0.1, 0.15) is 0 Å². The van der Waals surface area contributed by atoms with Crippen molar-refractivity contribution in [2.45, 2.75) is 26.4 Å². The van der Waals surface area contributed by atoms with Crippen LogP contribution in [-0.2, 0) is 31.7 Å². The van der Waals surface area contributed by atoms with Gasteiger partial charge in [0.25, 0.3) is 5.69 Å². The number of nitrogens with zero attached hydrogens (tertiary/aromatic N) is 1. The maximum atomic E-state index is 12.7. The Morgan fingerprint density at radius 3 is 2.08 bits per heavy atom. The molecule has 0 fully saturated rings. The van der Waals surface area contributed by atoms with Crippen LogP contribution in [0.25, 0.3) is 0 Å². The molecule has 0 saturated carbocycles. The van der Waals surface area contributed by atoms with Gasteiger partial charge in [0.15, 0.2) is 5.92 Å². The van der Waals surface area contributed by atoms with E-state index in [4.69, 9.17) is 9.47 Å². The molecule has 0 N–H and O–H groups in total. The molecule has 1 aromatic carbocycles. The van der Waals surface area contributed by atoms with E-state index in [0.717, 1.165) is 6.07 Å². The first-order valence-electron chi connectivity index (χ1n) is 7.29. The average molecular weight is 363 g/mol. The van der Waals surface area contributed by atoms with Crippen molar-refractivity contribution in [2.24, 2.45) is 5.92 Å². The molecule has 0 aliphatic carbocycles. The van der Waals surface area contributed by atoms with Gasteiger partial charge < -0.3 is 9.47 Å². The minimum Gasteiger partial charge on any atom is -0.465 e. The molecule has 1 aromatic rings. The summed E-state index contributed by atoms with van der Waals surface area (Å²) in [7, 11) is 0. The molecule has 0 saturated heterocycles. The van der Waals surface area contributed by atoms with Gasteiger partial charge in [0.2, 0.25) is 0 Å². The fourth-order valence-corrected chi connectivity index (χ4v) is 2.05. The Bertz CT molecular complexity index is 641. The van der Waals surface area contributed by atoms with Crippen molar-refractivity contribution in [3.8, 4) is 0 Å². The maximum absolute atomic E-state index is 12.7. The number of halogens is 3. The Hall–Kier alpha value is -2.65. The number of ether oxygens (including phenoxy) is 2. The monoisotopic (exact) mass is 363 g/mol. The molecule has 1 rings (SSSR count). The number of rotatable bonds is 7. The van der Waals surface area contributed by atoms with Crippen molar-refractivity contribution in [3.05, 3.63) is 39.4 Å². The number of nitro benzene ring substituents is 1. The first-order valence-corrected chi connectivity index (χ1v) is 7.29. The van der Waals surface area contributed by atoms with Crippen LogP contribution in [0.1, 0.15) is 25.0 Å². The fourth-order valence-electron chi connectivity index (χ4n) is 2.05. The van der Waals surface area contributed by atoms with Crippen molar-refractivity contribution in [3.63, 3.8) is 0 Å². The molecule has 0 spiro atoms. The van der Waals surface area contributed by atoms with Gasteiger partial charge in [0.05, 0.1) is 23.7 Å². The van der Waals surface area contributed by atoms with Gasteiger partial charge in [-0.3, -0.25) is 19.7 Å². The second kappa shape index (κ2) is 8.45. The highest BCUT2D eigenvalue weighted by Crippen LogP contribution is 2.33. The van der Waals surface area contributed by atoms with E-state index in [1.54, 1.807) is 0 Å². The second-order valence-corrected chi connectivity index (χ2v) is 4.86. The third-order valence-electron chi connectivity index (χ3n) is 3.18. The summed E-state index contributed by atoms with van der Waals surface area (Å²) in [6.45, 7) is 2.93. The van der Waals surface area contributed by atoms with Crippen molar-refractivity contribution in [1.82, 2.24) is 0 Å². The van der Waals surface area contributed by atoms with Crippen LogP contribution in [0.5, 0.6) is 0 Å². The molecule has 0 aliphatic rings. The lowest BCUT2D eigenvalue weighted by Gasteiger charge is -2.15. The van der Waals surface area contributed by atoms with E-state index >= 15 is 0 Å². The van der Waals surface area contributed by atoms with E-state index in [9.17, 15) is 32.9 Å². The van der Waals surface area contributed by atoms with Gasteiger partial charge in [-0.25, -0.2) is 0 Å². The predicted molar refractivity (Wildman–Crippen MR) is 78.6 cm³/mol. The summed E-state index contributed by atoms with van der Waals surface area (Å²) in [5.74, 6) is -3.43. The van der Waals surface area contributed by atoms with Crippen molar-refractivity contribution >= 4 is 17.6 Å². The normalized spacial score (nSPS) is 11.3. The molecule has 0 heterocycles. The van der Waals surface area contributed by atoms with Crippen LogP contribution in [0.3, 0.4) is 0 Å². The topological polar surface area (TPSA) is 95.7 Å². The first kappa shape index (κ1) is 20.4. The molecule has 0 radical (unpaired) electrons. The highest BCUT2D eigenvalue weighted by molar-refractivity contribution is 5.95. The zero-order valence-corrected chi connectivity index (χ0v) is 13.5. The quantitative estimate of drug-likeness (QED) is 0.320. The molecule has 7 nitrogen and oxygen atoms in total. The SMILES string of the molecule is CCOC(=O)C(Cc1ccc(C(F)(F)F)cc1[N+](=O)[O-])C(=O)OCC. The number of esters is 2. The van der Waals surface area contributed by atoms with E-state index in [-0.39, 0.29) is 18.8 Å². The van der Waals surface area contributed by atoms with Crippen LogP contribution >= 0.6 is 0 Å². The van der Waals surface area contributed by atoms with Crippen LogP contribution in [-0.4, -0.2) is 30.1 Å². The Balaban J connectivity index is 3.25. The van der Waals surface area contributed by atoms with Crippen molar-refractivity contribution in [1.29, 1.82) is 0 Å². The van der Waals surface area contributed by atoms with Gasteiger partial charge in [0, 0.05) is 18.1 Å². The summed E-state index contributed by atoms with van der Waals surface area (Å²) < 4.78 is 47.6. The summed E-state index contributed by atoms with van der Waals surface area (Å²) in [5.41, 5.74) is -2.25. The van der Waals surface area contributed by atoms with E-state index in [1.165, 1.54) is 13.8 Å². The van der Waals surface area contributed by atoms with Crippen LogP contribution in [0.15, 0.2) is 18.2 Å². The Morgan fingerprint density at radius 1 is 1.16 bits per heavy atom. The van der Waals surface area contributed by atoms with Crippen molar-refractivity contribution in [2.75, 3.05) is 13.2 Å². The number of nitro groups is 1. The lowest BCUT2D eigenvalue weighted by atomic mass is 9.96. The first-order chi connectivity index (χ1) is 11.6. The average Bonchev–Trinajstić information content (AvgIpc) is 2.51. The van der Waals surface area contributed by atoms with Crippen LogP contribution < -0.4 is 0 Å². The number of hydrogen-bond acceptors (Lipinski definition) is 6. The Morgan fingerprint density at radius 2 is 1.68 bits per heavy atom. The van der Waals surface area contributed by atoms with Gasteiger partial charge in [-0.05, 0) is 19.9 Å². The van der Waals surface area contributed by atoms with Gasteiger partial charge in [-0.1, -0.05) is 6.07 Å². The summed E-state index contributed by atoms with van der Waals surface area (Å²) >= 11 is 0. The molecule has 10 heteroatoms. The zero-order chi connectivity index (χ0) is 19.2. The molecule has 0 amide bonds.